The highest BCUT2D eigenvalue weighted by Crippen LogP contribution is 2.21. The Morgan fingerprint density at radius 1 is 1.03 bits per heavy atom. The molecule has 2 heterocycles. The summed E-state index contributed by atoms with van der Waals surface area (Å²) in [5.41, 5.74) is 2.61. The minimum Gasteiger partial charge on any atom is -0.496 e. The number of nitrogens with one attached hydrogen (secondary N) is 1. The topological polar surface area (TPSA) is 57.7 Å². The van der Waals surface area contributed by atoms with Crippen LogP contribution < -0.4 is 15.0 Å². The molecule has 1 N–H and O–H groups in total. The number of pyridine rings is 1. The zero-order chi connectivity index (χ0) is 22.3. The zero-order valence-corrected chi connectivity index (χ0v) is 18.1. The van der Waals surface area contributed by atoms with E-state index in [0.29, 0.717) is 5.69 Å². The lowest BCUT2D eigenvalue weighted by Crippen LogP contribution is -2.46. The second kappa shape index (κ2) is 10.2. The summed E-state index contributed by atoms with van der Waals surface area (Å²) < 4.78 is 18.5. The monoisotopic (exact) mass is 434 g/mol. The molecule has 0 bridgehead atoms. The van der Waals surface area contributed by atoms with Crippen LogP contribution in [0, 0.1) is 5.82 Å². The lowest BCUT2D eigenvalue weighted by atomic mass is 10.1. The number of halogens is 1. The Morgan fingerprint density at radius 3 is 2.47 bits per heavy atom. The Morgan fingerprint density at radius 2 is 1.78 bits per heavy atom. The van der Waals surface area contributed by atoms with E-state index in [2.05, 4.69) is 26.2 Å². The minimum absolute atomic E-state index is 0.156. The highest BCUT2D eigenvalue weighted by molar-refractivity contribution is 5.92. The quantitative estimate of drug-likeness (QED) is 0.614. The maximum atomic E-state index is 13.0. The van der Waals surface area contributed by atoms with Gasteiger partial charge in [-0.2, -0.15) is 0 Å². The maximum absolute atomic E-state index is 13.0. The van der Waals surface area contributed by atoms with Crippen LogP contribution in [0.1, 0.15) is 11.1 Å². The summed E-state index contributed by atoms with van der Waals surface area (Å²) in [4.78, 5) is 21.4. The van der Waals surface area contributed by atoms with E-state index in [-0.39, 0.29) is 18.1 Å². The molecule has 3 aromatic rings. The summed E-state index contributed by atoms with van der Waals surface area (Å²) in [6.45, 7) is 4.52. The second-order valence-electron chi connectivity index (χ2n) is 7.83. The molecule has 0 spiro atoms. The number of aromatic nitrogens is 1. The molecule has 0 saturated carbocycles. The fourth-order valence-electron chi connectivity index (χ4n) is 3.85. The Kier molecular flexibility index (Phi) is 6.97. The average Bonchev–Trinajstić information content (AvgIpc) is 2.82. The smallest absolute Gasteiger partial charge is 0.228 e. The summed E-state index contributed by atoms with van der Waals surface area (Å²) in [6, 6.07) is 17.9. The van der Waals surface area contributed by atoms with Crippen molar-refractivity contribution in [3.8, 4) is 5.75 Å². The van der Waals surface area contributed by atoms with Crippen molar-refractivity contribution in [3.05, 3.63) is 83.8 Å². The number of ether oxygens (including phenoxy) is 1. The van der Waals surface area contributed by atoms with Crippen LogP contribution in [0.5, 0.6) is 5.75 Å². The van der Waals surface area contributed by atoms with Crippen molar-refractivity contribution >= 4 is 17.4 Å². The van der Waals surface area contributed by atoms with Gasteiger partial charge in [-0.05, 0) is 35.9 Å². The van der Waals surface area contributed by atoms with Gasteiger partial charge >= 0.3 is 0 Å². The van der Waals surface area contributed by atoms with Crippen LogP contribution >= 0.6 is 0 Å². The van der Waals surface area contributed by atoms with Gasteiger partial charge in [0, 0.05) is 38.3 Å². The molecular formula is C25H27FN4O2. The number of hydrogen-bond donors (Lipinski definition) is 1. The highest BCUT2D eigenvalue weighted by Gasteiger charge is 2.19. The number of methoxy groups -OCH3 is 1. The number of nitrogens with zero attached hydrogens (tertiary/aromatic N) is 3. The Bertz CT molecular complexity index is 1030. The zero-order valence-electron chi connectivity index (χ0n) is 18.1. The van der Waals surface area contributed by atoms with E-state index in [4.69, 9.17) is 4.74 Å². The van der Waals surface area contributed by atoms with E-state index < -0.39 is 0 Å². The molecule has 1 saturated heterocycles. The first-order chi connectivity index (χ1) is 15.6. The molecule has 2 aromatic carbocycles. The molecule has 0 aliphatic carbocycles. The van der Waals surface area contributed by atoms with Crippen LogP contribution in [0.2, 0.25) is 0 Å². The van der Waals surface area contributed by atoms with Crippen molar-refractivity contribution in [1.82, 2.24) is 9.88 Å². The number of carbonyl (C=O) groups is 1. The second-order valence-corrected chi connectivity index (χ2v) is 7.83. The molecule has 1 amide bonds. The van der Waals surface area contributed by atoms with E-state index in [1.54, 1.807) is 25.4 Å². The van der Waals surface area contributed by atoms with Gasteiger partial charge in [-0.15, -0.1) is 0 Å². The van der Waals surface area contributed by atoms with Crippen molar-refractivity contribution in [2.75, 3.05) is 43.5 Å². The number of rotatable bonds is 7. The number of anilines is 2. The van der Waals surface area contributed by atoms with E-state index in [1.807, 2.05) is 30.3 Å². The van der Waals surface area contributed by atoms with Crippen LogP contribution in [0.15, 0.2) is 66.9 Å². The summed E-state index contributed by atoms with van der Waals surface area (Å²) >= 11 is 0. The molecule has 0 unspecified atom stereocenters. The first-order valence-corrected chi connectivity index (χ1v) is 10.7. The Balaban J connectivity index is 1.27. The normalized spacial score (nSPS) is 14.2. The predicted octanol–water partition coefficient (Wildman–Crippen LogP) is 3.73. The van der Waals surface area contributed by atoms with Crippen molar-refractivity contribution in [2.24, 2.45) is 0 Å². The summed E-state index contributed by atoms with van der Waals surface area (Å²) in [5.74, 6) is 1.36. The summed E-state index contributed by atoms with van der Waals surface area (Å²) in [5, 5.41) is 2.85. The fraction of sp³-hybridized carbons (Fsp3) is 0.280. The van der Waals surface area contributed by atoms with Crippen molar-refractivity contribution in [3.63, 3.8) is 0 Å². The van der Waals surface area contributed by atoms with Gasteiger partial charge in [-0.3, -0.25) is 9.69 Å². The van der Waals surface area contributed by atoms with Crippen molar-refractivity contribution in [2.45, 2.75) is 13.0 Å². The lowest BCUT2D eigenvalue weighted by Gasteiger charge is -2.35. The molecule has 32 heavy (non-hydrogen) atoms. The number of piperazine rings is 1. The van der Waals surface area contributed by atoms with Crippen LogP contribution in [-0.2, 0) is 17.8 Å². The van der Waals surface area contributed by atoms with Crippen LogP contribution in [0.4, 0.5) is 15.9 Å². The van der Waals surface area contributed by atoms with Gasteiger partial charge in [0.1, 0.15) is 17.4 Å². The van der Waals surface area contributed by atoms with Crippen molar-refractivity contribution < 1.29 is 13.9 Å². The third-order valence-electron chi connectivity index (χ3n) is 5.59. The van der Waals surface area contributed by atoms with Gasteiger partial charge < -0.3 is 15.0 Å². The fourth-order valence-corrected chi connectivity index (χ4v) is 3.85. The molecular weight excluding hydrogens is 407 g/mol. The molecule has 1 aliphatic rings. The lowest BCUT2D eigenvalue weighted by molar-refractivity contribution is -0.115. The van der Waals surface area contributed by atoms with Crippen molar-refractivity contribution in [1.29, 1.82) is 0 Å². The molecule has 0 atom stereocenters. The SMILES string of the molecule is COc1ccccc1CN1CCN(c2ccc(NC(=O)Cc3ccc(F)cc3)cn2)CC1. The number of carbonyl (C=O) groups excluding carboxylic acids is 1. The van der Waals surface area contributed by atoms with E-state index in [0.717, 1.165) is 49.9 Å². The molecule has 7 heteroatoms. The average molecular weight is 435 g/mol. The Labute approximate surface area is 187 Å². The summed E-state index contributed by atoms with van der Waals surface area (Å²) in [7, 11) is 1.71. The predicted molar refractivity (Wildman–Crippen MR) is 123 cm³/mol. The van der Waals surface area contributed by atoms with Crippen LogP contribution in [-0.4, -0.2) is 49.1 Å². The minimum atomic E-state index is -0.311. The van der Waals surface area contributed by atoms with E-state index in [9.17, 15) is 9.18 Å². The van der Waals surface area contributed by atoms with E-state index in [1.165, 1.54) is 17.7 Å². The first-order valence-electron chi connectivity index (χ1n) is 10.7. The highest BCUT2D eigenvalue weighted by atomic mass is 19.1. The molecule has 4 rings (SSSR count). The van der Waals surface area contributed by atoms with Crippen LogP contribution in [0.3, 0.4) is 0 Å². The first kappa shape index (κ1) is 21.8. The van der Waals surface area contributed by atoms with Gasteiger partial charge in [0.15, 0.2) is 0 Å². The molecule has 166 valence electrons. The number of amides is 1. The molecule has 1 fully saturated rings. The summed E-state index contributed by atoms with van der Waals surface area (Å²) in [6.07, 6.45) is 1.87. The molecule has 0 radical (unpaired) electrons. The largest absolute Gasteiger partial charge is 0.496 e. The molecule has 6 nitrogen and oxygen atoms in total. The third-order valence-corrected chi connectivity index (χ3v) is 5.59. The maximum Gasteiger partial charge on any atom is 0.228 e. The van der Waals surface area contributed by atoms with Gasteiger partial charge in [0.05, 0.1) is 25.4 Å². The standard InChI is InChI=1S/C25H27FN4O2/c1-32-23-5-3-2-4-20(23)18-29-12-14-30(15-13-29)24-11-10-22(17-27-24)28-25(31)16-19-6-8-21(26)9-7-19/h2-11,17H,12-16,18H2,1H3,(H,28,31). The number of benzene rings is 2. The van der Waals surface area contributed by atoms with Crippen LogP contribution in [0.25, 0.3) is 0 Å². The van der Waals surface area contributed by atoms with E-state index >= 15 is 0 Å². The third kappa shape index (κ3) is 5.62. The number of para-hydroxylation sites is 1. The van der Waals surface area contributed by atoms with Gasteiger partial charge in [0.2, 0.25) is 5.91 Å². The van der Waals surface area contributed by atoms with Gasteiger partial charge in [0.25, 0.3) is 0 Å². The number of hydrogen-bond acceptors (Lipinski definition) is 5. The van der Waals surface area contributed by atoms with Gasteiger partial charge in [-0.25, -0.2) is 9.37 Å². The Hall–Kier alpha value is -3.45. The molecule has 1 aromatic heterocycles. The van der Waals surface area contributed by atoms with Gasteiger partial charge in [-0.1, -0.05) is 30.3 Å². The molecule has 1 aliphatic heterocycles.